The van der Waals surface area contributed by atoms with Gasteiger partial charge in [-0.1, -0.05) is 68.5 Å². The maximum absolute atomic E-state index is 13.8. The van der Waals surface area contributed by atoms with Crippen molar-refractivity contribution in [2.24, 2.45) is 5.92 Å². The minimum Gasteiger partial charge on any atom is -0.283 e. The van der Waals surface area contributed by atoms with Gasteiger partial charge >= 0.3 is 0 Å². The molecule has 1 atom stereocenters. The molecule has 0 saturated carbocycles. The molecule has 0 unspecified atom stereocenters. The third-order valence-corrected chi connectivity index (χ3v) is 5.55. The van der Waals surface area contributed by atoms with Crippen LogP contribution in [0.25, 0.3) is 0 Å². The molecule has 1 aliphatic heterocycles. The highest BCUT2D eigenvalue weighted by atomic mass is 16.2. The quantitative estimate of drug-likeness (QED) is 0.515. The van der Waals surface area contributed by atoms with Gasteiger partial charge in [-0.05, 0) is 36.5 Å². The lowest BCUT2D eigenvalue weighted by molar-refractivity contribution is -0.150. The second kappa shape index (κ2) is 9.19. The van der Waals surface area contributed by atoms with E-state index in [4.69, 9.17) is 0 Å². The van der Waals surface area contributed by atoms with Crippen LogP contribution in [0.4, 0.5) is 0 Å². The molecule has 1 heterocycles. The number of nitrogens with zero attached hydrogens (tertiary/aromatic N) is 2. The number of rotatable bonds is 7. The maximum atomic E-state index is 13.8. The summed E-state index contributed by atoms with van der Waals surface area (Å²) in [5, 5.41) is 0. The molecule has 0 aromatic heterocycles. The molecule has 29 heavy (non-hydrogen) atoms. The fourth-order valence-corrected chi connectivity index (χ4v) is 4.32. The molecule has 152 valence electrons. The first-order chi connectivity index (χ1) is 14.0. The first-order valence-electron chi connectivity index (χ1n) is 10.3. The summed E-state index contributed by atoms with van der Waals surface area (Å²) in [5.74, 6) is -0.0155. The lowest BCUT2D eigenvalue weighted by Crippen LogP contribution is -2.66. The number of piperazine rings is 1. The number of hydrogen-bond donors (Lipinski definition) is 0. The molecule has 0 aliphatic carbocycles. The maximum Gasteiger partial charge on any atom is 0.260 e. The Kier molecular flexibility index (Phi) is 6.65. The Morgan fingerprint density at radius 3 is 2.28 bits per heavy atom. The van der Waals surface area contributed by atoms with Gasteiger partial charge in [-0.15, -0.1) is 6.58 Å². The normalized spacial score (nSPS) is 20.1. The first kappa shape index (κ1) is 21.0. The van der Waals surface area contributed by atoms with E-state index in [9.17, 15) is 9.59 Å². The van der Waals surface area contributed by atoms with E-state index in [1.54, 1.807) is 12.1 Å². The van der Waals surface area contributed by atoms with E-state index in [-0.39, 0.29) is 11.8 Å². The molecule has 0 spiro atoms. The van der Waals surface area contributed by atoms with Crippen molar-refractivity contribution in [3.8, 4) is 0 Å². The zero-order valence-electron chi connectivity index (χ0n) is 17.4. The molecule has 2 aromatic carbocycles. The summed E-state index contributed by atoms with van der Waals surface area (Å²) in [7, 11) is 0. The van der Waals surface area contributed by atoms with Crippen LogP contribution in [0.5, 0.6) is 0 Å². The van der Waals surface area contributed by atoms with Crippen LogP contribution in [0.3, 0.4) is 0 Å². The summed E-state index contributed by atoms with van der Waals surface area (Å²) in [4.78, 5) is 30.6. The number of amides is 2. The molecule has 2 aromatic rings. The zero-order valence-corrected chi connectivity index (χ0v) is 17.4. The van der Waals surface area contributed by atoms with E-state index in [2.05, 4.69) is 37.5 Å². The van der Waals surface area contributed by atoms with Crippen LogP contribution in [0, 0.1) is 5.92 Å². The lowest BCUT2D eigenvalue weighted by Gasteiger charge is -2.49. The summed E-state index contributed by atoms with van der Waals surface area (Å²) in [6.45, 7) is 9.91. The van der Waals surface area contributed by atoms with Crippen molar-refractivity contribution in [3.05, 3.63) is 84.4 Å². The molecule has 0 N–H and O–H groups in total. The Balaban J connectivity index is 1.96. The monoisotopic (exact) mass is 390 g/mol. The third-order valence-electron chi connectivity index (χ3n) is 5.55. The van der Waals surface area contributed by atoms with Gasteiger partial charge in [0.05, 0.1) is 0 Å². The summed E-state index contributed by atoms with van der Waals surface area (Å²) in [5.41, 5.74) is 0.962. The van der Waals surface area contributed by atoms with Crippen molar-refractivity contribution in [2.45, 2.75) is 38.8 Å². The van der Waals surface area contributed by atoms with E-state index in [0.717, 1.165) is 0 Å². The first-order valence-corrected chi connectivity index (χ1v) is 10.3. The predicted molar refractivity (Wildman–Crippen MR) is 116 cm³/mol. The molecule has 4 nitrogen and oxygen atoms in total. The van der Waals surface area contributed by atoms with Crippen molar-refractivity contribution in [3.63, 3.8) is 0 Å². The number of benzene rings is 2. The second-order valence-electron chi connectivity index (χ2n) is 8.16. The number of carbonyl (C=O) groups is 2. The summed E-state index contributed by atoms with van der Waals surface area (Å²) in [6, 6.07) is 19.3. The van der Waals surface area contributed by atoms with Gasteiger partial charge in [-0.25, -0.2) is 0 Å². The van der Waals surface area contributed by atoms with E-state index in [0.29, 0.717) is 44.0 Å². The van der Waals surface area contributed by atoms with Crippen molar-refractivity contribution in [1.29, 1.82) is 0 Å². The Morgan fingerprint density at radius 2 is 1.69 bits per heavy atom. The molecule has 3 rings (SSSR count). The summed E-state index contributed by atoms with van der Waals surface area (Å²) < 4.78 is 0. The van der Waals surface area contributed by atoms with Gasteiger partial charge < -0.3 is 0 Å². The zero-order chi connectivity index (χ0) is 20.9. The van der Waals surface area contributed by atoms with Crippen molar-refractivity contribution < 1.29 is 9.59 Å². The van der Waals surface area contributed by atoms with Gasteiger partial charge in [0.15, 0.2) is 0 Å². The predicted octanol–water partition coefficient (Wildman–Crippen LogP) is 4.53. The van der Waals surface area contributed by atoms with Gasteiger partial charge in [0.1, 0.15) is 5.54 Å². The van der Waals surface area contributed by atoms with Crippen LogP contribution in [-0.2, 0) is 11.3 Å². The summed E-state index contributed by atoms with van der Waals surface area (Å²) in [6.07, 6.45) is 3.02. The van der Waals surface area contributed by atoms with Crippen LogP contribution in [0.15, 0.2) is 73.3 Å². The Morgan fingerprint density at radius 1 is 1.07 bits per heavy atom. The lowest BCUT2D eigenvalue weighted by atomic mass is 9.80. The smallest absolute Gasteiger partial charge is 0.260 e. The summed E-state index contributed by atoms with van der Waals surface area (Å²) >= 11 is 0. The van der Waals surface area contributed by atoms with E-state index < -0.39 is 5.54 Å². The average molecular weight is 391 g/mol. The van der Waals surface area contributed by atoms with Crippen LogP contribution in [0.2, 0.25) is 0 Å². The molecular formula is C25H30N2O2. The largest absolute Gasteiger partial charge is 0.283 e. The van der Waals surface area contributed by atoms with Crippen molar-refractivity contribution >= 4 is 11.8 Å². The van der Waals surface area contributed by atoms with E-state index >= 15 is 0 Å². The fraction of sp³-hybridized carbons (Fsp3) is 0.360. The molecule has 4 heteroatoms. The highest BCUT2D eigenvalue weighted by Gasteiger charge is 2.50. The standard InChI is InChI=1S/C25H30N2O2/c1-4-15-25(18-20(2)3)24(29)27(23(28)22-13-9-6-10-14-22)17-16-26(25)19-21-11-7-5-8-12-21/h4-14,20H,1,15-19H2,2-3H3/t25-/m1/s1. The topological polar surface area (TPSA) is 40.6 Å². The Bertz CT molecular complexity index is 848. The molecule has 1 saturated heterocycles. The molecule has 2 amide bonds. The third kappa shape index (κ3) is 4.48. The van der Waals surface area contributed by atoms with Gasteiger partial charge in [0, 0.05) is 25.2 Å². The number of carbonyl (C=O) groups excluding carboxylic acids is 2. The molecule has 0 bridgehead atoms. The van der Waals surface area contributed by atoms with E-state index in [1.807, 2.05) is 42.5 Å². The minimum absolute atomic E-state index is 0.109. The van der Waals surface area contributed by atoms with Crippen LogP contribution < -0.4 is 0 Å². The second-order valence-corrected chi connectivity index (χ2v) is 8.16. The van der Waals surface area contributed by atoms with Gasteiger partial charge in [-0.2, -0.15) is 0 Å². The van der Waals surface area contributed by atoms with Gasteiger partial charge in [-0.3, -0.25) is 19.4 Å². The molecule has 0 radical (unpaired) electrons. The Hall–Kier alpha value is -2.72. The molecule has 1 fully saturated rings. The van der Waals surface area contributed by atoms with Crippen LogP contribution >= 0.6 is 0 Å². The number of imide groups is 1. The van der Waals surface area contributed by atoms with Crippen molar-refractivity contribution in [1.82, 2.24) is 9.80 Å². The van der Waals surface area contributed by atoms with Crippen molar-refractivity contribution in [2.75, 3.05) is 13.1 Å². The number of hydrogen-bond acceptors (Lipinski definition) is 3. The van der Waals surface area contributed by atoms with Gasteiger partial charge in [0.25, 0.3) is 5.91 Å². The van der Waals surface area contributed by atoms with Crippen LogP contribution in [-0.4, -0.2) is 40.2 Å². The highest BCUT2D eigenvalue weighted by molar-refractivity contribution is 6.07. The van der Waals surface area contributed by atoms with Crippen LogP contribution in [0.1, 0.15) is 42.6 Å². The van der Waals surface area contributed by atoms with E-state index in [1.165, 1.54) is 10.5 Å². The van der Waals surface area contributed by atoms with Gasteiger partial charge in [0.2, 0.25) is 5.91 Å². The highest BCUT2D eigenvalue weighted by Crippen LogP contribution is 2.35. The SMILES string of the molecule is C=CC[C@@]1(CC(C)C)C(=O)N(C(=O)c2ccccc2)CCN1Cc1ccccc1. The molecule has 1 aliphatic rings. The minimum atomic E-state index is -0.756. The molecular weight excluding hydrogens is 360 g/mol. The fourth-order valence-electron chi connectivity index (χ4n) is 4.32. The average Bonchev–Trinajstić information content (AvgIpc) is 2.72. The Labute approximate surface area is 173 Å².